The monoisotopic (exact) mass is 536 g/mol. The van der Waals surface area contributed by atoms with Gasteiger partial charge in [-0.2, -0.15) is 4.31 Å². The Bertz CT molecular complexity index is 1170. The number of esters is 1. The Morgan fingerprint density at radius 3 is 2.30 bits per heavy atom. The molecule has 2 rings (SSSR count). The molecular weight excluding hydrogens is 504 g/mol. The van der Waals surface area contributed by atoms with Gasteiger partial charge in [-0.1, -0.05) is 42.5 Å². The fourth-order valence-corrected chi connectivity index (χ4v) is 4.67. The van der Waals surface area contributed by atoms with Crippen LogP contribution in [0.25, 0.3) is 0 Å². The molecule has 0 heterocycles. The van der Waals surface area contributed by atoms with Crippen LogP contribution < -0.4 is 10.6 Å². The van der Waals surface area contributed by atoms with Gasteiger partial charge >= 0.3 is 12.1 Å². The highest BCUT2D eigenvalue weighted by Gasteiger charge is 2.33. The minimum Gasteiger partial charge on any atom is -0.459 e. The van der Waals surface area contributed by atoms with Crippen molar-refractivity contribution in [2.45, 2.75) is 37.9 Å². The fourth-order valence-electron chi connectivity index (χ4n) is 3.12. The lowest BCUT2D eigenvalue weighted by atomic mass is 10.2. The first-order chi connectivity index (χ1) is 17.4. The first-order valence-corrected chi connectivity index (χ1v) is 12.9. The molecule has 0 bridgehead atoms. The molecule has 2 aromatic carbocycles. The van der Waals surface area contributed by atoms with E-state index in [1.165, 1.54) is 12.1 Å². The molecule has 0 unspecified atom stereocenters. The highest BCUT2D eigenvalue weighted by Crippen LogP contribution is 2.26. The number of carbonyl (C=O) groups excluding carboxylic acids is 2. The van der Waals surface area contributed by atoms with Gasteiger partial charge in [-0.25, -0.2) is 13.2 Å². The SMILES string of the molecule is CC(C)(C)OC(=O)CN(CCNCCNC(=O)OCc1ccccc1)S(=O)(=O)c1ccccc1[N+](=O)[O-]. The van der Waals surface area contributed by atoms with Gasteiger partial charge in [-0.3, -0.25) is 14.9 Å². The number of sulfonamides is 1. The first-order valence-electron chi connectivity index (χ1n) is 11.5. The maximum atomic E-state index is 13.3. The molecule has 0 atom stereocenters. The van der Waals surface area contributed by atoms with E-state index in [-0.39, 0.29) is 32.8 Å². The van der Waals surface area contributed by atoms with Gasteiger partial charge in [0.15, 0.2) is 4.90 Å². The van der Waals surface area contributed by atoms with E-state index < -0.39 is 49.7 Å². The number of carbonyl (C=O) groups is 2. The number of nitro groups is 1. The Morgan fingerprint density at radius 1 is 1.00 bits per heavy atom. The number of nitro benzene ring substituents is 1. The number of alkyl carbamates (subject to hydrolysis) is 1. The average molecular weight is 537 g/mol. The lowest BCUT2D eigenvalue weighted by Crippen LogP contribution is -2.43. The Morgan fingerprint density at radius 2 is 1.65 bits per heavy atom. The fraction of sp³-hybridized carbons (Fsp3) is 0.417. The zero-order valence-electron chi connectivity index (χ0n) is 21.0. The van der Waals surface area contributed by atoms with E-state index in [2.05, 4.69) is 10.6 Å². The topological polar surface area (TPSA) is 157 Å². The highest BCUT2D eigenvalue weighted by atomic mass is 32.2. The van der Waals surface area contributed by atoms with Crippen LogP contribution in [0.5, 0.6) is 0 Å². The number of nitrogens with one attached hydrogen (secondary N) is 2. The van der Waals surface area contributed by atoms with Crippen molar-refractivity contribution in [3.63, 3.8) is 0 Å². The second kappa shape index (κ2) is 13.7. The molecule has 12 nitrogen and oxygen atoms in total. The van der Waals surface area contributed by atoms with Crippen LogP contribution >= 0.6 is 0 Å². The Balaban J connectivity index is 1.94. The second-order valence-corrected chi connectivity index (χ2v) is 10.8. The van der Waals surface area contributed by atoms with E-state index in [4.69, 9.17) is 9.47 Å². The molecule has 0 radical (unpaired) electrons. The Hall–Kier alpha value is -3.55. The predicted octanol–water partition coefficient (Wildman–Crippen LogP) is 2.44. The highest BCUT2D eigenvalue weighted by molar-refractivity contribution is 7.89. The largest absolute Gasteiger partial charge is 0.459 e. The molecule has 0 aliphatic rings. The van der Waals surface area contributed by atoms with E-state index in [1.807, 2.05) is 30.3 Å². The van der Waals surface area contributed by atoms with E-state index in [0.717, 1.165) is 22.0 Å². The number of amides is 1. The Kier molecular flexibility index (Phi) is 11.0. The standard InChI is InChI=1S/C24H32N4O8S/c1-24(2,3)36-22(29)17-27(37(33,34)21-12-8-7-11-20(21)28(31)32)16-15-25-13-14-26-23(30)35-18-19-9-5-4-6-10-19/h4-12,25H,13-18H2,1-3H3,(H,26,30). The van der Waals surface area contributed by atoms with Gasteiger partial charge in [-0.15, -0.1) is 0 Å². The van der Waals surface area contributed by atoms with Gasteiger partial charge in [0, 0.05) is 32.2 Å². The zero-order valence-corrected chi connectivity index (χ0v) is 21.8. The summed E-state index contributed by atoms with van der Waals surface area (Å²) in [6, 6.07) is 14.1. The van der Waals surface area contributed by atoms with Crippen LogP contribution in [-0.4, -0.2) is 68.0 Å². The number of nitrogens with zero attached hydrogens (tertiary/aromatic N) is 2. The van der Waals surface area contributed by atoms with Crippen LogP contribution in [0.1, 0.15) is 26.3 Å². The van der Waals surface area contributed by atoms with Crippen molar-refractivity contribution in [2.75, 3.05) is 32.7 Å². The van der Waals surface area contributed by atoms with Gasteiger partial charge in [0.2, 0.25) is 10.0 Å². The third-order valence-electron chi connectivity index (χ3n) is 4.73. The molecule has 0 spiro atoms. The molecule has 2 N–H and O–H groups in total. The third kappa shape index (κ3) is 10.1. The van der Waals surface area contributed by atoms with Gasteiger partial charge in [-0.05, 0) is 32.4 Å². The van der Waals surface area contributed by atoms with E-state index >= 15 is 0 Å². The molecular formula is C24H32N4O8S. The molecule has 0 aromatic heterocycles. The normalized spacial score (nSPS) is 11.7. The minimum atomic E-state index is -4.41. The number of para-hydroxylation sites is 1. The molecule has 0 saturated carbocycles. The minimum absolute atomic E-state index is 0.101. The quantitative estimate of drug-likeness (QED) is 0.170. The number of ether oxygens (including phenoxy) is 2. The van der Waals surface area contributed by atoms with Crippen molar-refractivity contribution < 1.29 is 32.4 Å². The predicted molar refractivity (Wildman–Crippen MR) is 135 cm³/mol. The summed E-state index contributed by atoms with van der Waals surface area (Å²) in [5.74, 6) is -0.794. The van der Waals surface area contributed by atoms with Crippen molar-refractivity contribution in [3.05, 3.63) is 70.3 Å². The summed E-state index contributed by atoms with van der Waals surface area (Å²) < 4.78 is 37.7. The van der Waals surface area contributed by atoms with Crippen LogP contribution in [0.15, 0.2) is 59.5 Å². The maximum absolute atomic E-state index is 13.3. The summed E-state index contributed by atoms with van der Waals surface area (Å²) in [7, 11) is -4.41. The van der Waals surface area contributed by atoms with Crippen LogP contribution in [0.3, 0.4) is 0 Å². The van der Waals surface area contributed by atoms with Crippen molar-refractivity contribution in [1.82, 2.24) is 14.9 Å². The first kappa shape index (κ1) is 29.7. The molecule has 2 aromatic rings. The molecule has 37 heavy (non-hydrogen) atoms. The van der Waals surface area contributed by atoms with Crippen LogP contribution in [0, 0.1) is 10.1 Å². The average Bonchev–Trinajstić information content (AvgIpc) is 2.83. The number of benzene rings is 2. The molecule has 0 aliphatic heterocycles. The smallest absolute Gasteiger partial charge is 0.407 e. The van der Waals surface area contributed by atoms with E-state index in [0.29, 0.717) is 0 Å². The number of hydrogen-bond donors (Lipinski definition) is 2. The summed E-state index contributed by atoms with van der Waals surface area (Å²) >= 11 is 0. The zero-order chi connectivity index (χ0) is 27.5. The summed E-state index contributed by atoms with van der Waals surface area (Å²) in [5.41, 5.74) is -0.590. The maximum Gasteiger partial charge on any atom is 0.407 e. The molecule has 0 saturated heterocycles. The second-order valence-electron chi connectivity index (χ2n) is 8.89. The van der Waals surface area contributed by atoms with Crippen LogP contribution in [0.4, 0.5) is 10.5 Å². The lowest BCUT2D eigenvalue weighted by Gasteiger charge is -2.25. The summed E-state index contributed by atoms with van der Waals surface area (Å²) in [6.45, 7) is 4.85. The Labute approximate surface area is 216 Å². The van der Waals surface area contributed by atoms with E-state index in [1.54, 1.807) is 20.8 Å². The van der Waals surface area contributed by atoms with Crippen LogP contribution in [0.2, 0.25) is 0 Å². The molecule has 13 heteroatoms. The van der Waals surface area contributed by atoms with Gasteiger partial charge in [0.1, 0.15) is 18.8 Å². The van der Waals surface area contributed by atoms with Crippen molar-refractivity contribution >= 4 is 27.8 Å². The van der Waals surface area contributed by atoms with Crippen LogP contribution in [-0.2, 0) is 30.9 Å². The summed E-state index contributed by atoms with van der Waals surface area (Å²) in [5, 5.41) is 16.9. The lowest BCUT2D eigenvalue weighted by molar-refractivity contribution is -0.387. The van der Waals surface area contributed by atoms with Gasteiger partial charge in [0.05, 0.1) is 4.92 Å². The van der Waals surface area contributed by atoms with Gasteiger partial charge < -0.3 is 20.1 Å². The molecule has 202 valence electrons. The van der Waals surface area contributed by atoms with Crippen molar-refractivity contribution in [3.8, 4) is 0 Å². The number of rotatable bonds is 13. The summed E-state index contributed by atoms with van der Waals surface area (Å²) in [4.78, 5) is 34.3. The molecule has 1 amide bonds. The third-order valence-corrected chi connectivity index (χ3v) is 6.62. The van der Waals surface area contributed by atoms with Crippen molar-refractivity contribution in [2.24, 2.45) is 0 Å². The molecule has 0 aliphatic carbocycles. The molecule has 0 fully saturated rings. The van der Waals surface area contributed by atoms with Crippen molar-refractivity contribution in [1.29, 1.82) is 0 Å². The number of hydrogen-bond acceptors (Lipinski definition) is 9. The van der Waals surface area contributed by atoms with Gasteiger partial charge in [0.25, 0.3) is 5.69 Å². The van der Waals surface area contributed by atoms with E-state index in [9.17, 15) is 28.1 Å². The summed E-state index contributed by atoms with van der Waals surface area (Å²) in [6.07, 6.45) is -0.601.